The first-order chi connectivity index (χ1) is 22.0. The highest BCUT2D eigenvalue weighted by Gasteiger charge is 2.19. The first kappa shape index (κ1) is 37.6. The SMILES string of the molecule is COCN(COC)c1nc(NCOCNc2nc(N(COC)COC)nc(N(COC)COC)n2)nc(N(COC)COC)n1. The summed E-state index contributed by atoms with van der Waals surface area (Å²) in [5, 5.41) is 6.08. The van der Waals surface area contributed by atoms with Gasteiger partial charge in [-0.2, -0.15) is 29.9 Å². The second-order valence-electron chi connectivity index (χ2n) is 8.87. The Kier molecular flexibility index (Phi) is 18.4. The lowest BCUT2D eigenvalue weighted by atomic mass is 10.7. The van der Waals surface area contributed by atoms with E-state index >= 15 is 0 Å². The number of ether oxygens (including phenoxy) is 9. The van der Waals surface area contributed by atoms with Crippen LogP contribution in [0.5, 0.6) is 0 Å². The van der Waals surface area contributed by atoms with Crippen molar-refractivity contribution in [2.24, 2.45) is 0 Å². The molecular formula is C24H46N12O9. The molecule has 2 heterocycles. The van der Waals surface area contributed by atoms with Crippen LogP contribution in [0.1, 0.15) is 0 Å². The Balaban J connectivity index is 2.21. The van der Waals surface area contributed by atoms with Gasteiger partial charge in [0.1, 0.15) is 67.3 Å². The molecule has 0 saturated carbocycles. The fraction of sp³-hybridized carbons (Fsp3) is 0.750. The molecule has 21 nitrogen and oxygen atoms in total. The summed E-state index contributed by atoms with van der Waals surface area (Å²) in [5.41, 5.74) is 0. The minimum Gasteiger partial charge on any atom is -0.364 e. The zero-order chi connectivity index (χ0) is 32.9. The van der Waals surface area contributed by atoms with Gasteiger partial charge in [0.25, 0.3) is 0 Å². The first-order valence-corrected chi connectivity index (χ1v) is 13.5. The predicted molar refractivity (Wildman–Crippen MR) is 163 cm³/mol. The molecule has 2 N–H and O–H groups in total. The van der Waals surface area contributed by atoms with Gasteiger partial charge in [0.15, 0.2) is 0 Å². The third-order valence-corrected chi connectivity index (χ3v) is 5.30. The molecule has 0 amide bonds. The van der Waals surface area contributed by atoms with Crippen molar-refractivity contribution >= 4 is 35.7 Å². The van der Waals surface area contributed by atoms with Crippen molar-refractivity contribution in [3.63, 3.8) is 0 Å². The molecule has 0 saturated heterocycles. The molecule has 0 fully saturated rings. The molecule has 0 aliphatic heterocycles. The molecule has 0 aromatic carbocycles. The van der Waals surface area contributed by atoms with Crippen molar-refractivity contribution in [1.29, 1.82) is 0 Å². The van der Waals surface area contributed by atoms with Crippen molar-refractivity contribution in [3.05, 3.63) is 0 Å². The van der Waals surface area contributed by atoms with Crippen LogP contribution < -0.4 is 30.2 Å². The van der Waals surface area contributed by atoms with Gasteiger partial charge in [-0.3, -0.25) is 19.6 Å². The number of aromatic nitrogens is 6. The second kappa shape index (κ2) is 22.0. The van der Waals surface area contributed by atoms with Crippen molar-refractivity contribution in [3.8, 4) is 0 Å². The van der Waals surface area contributed by atoms with Crippen molar-refractivity contribution in [1.82, 2.24) is 29.9 Å². The zero-order valence-corrected chi connectivity index (χ0v) is 27.2. The van der Waals surface area contributed by atoms with Crippen molar-refractivity contribution in [2.75, 3.05) is 154 Å². The van der Waals surface area contributed by atoms with E-state index in [4.69, 9.17) is 42.6 Å². The molecule has 2 aromatic rings. The van der Waals surface area contributed by atoms with Crippen LogP contribution in [0.15, 0.2) is 0 Å². The van der Waals surface area contributed by atoms with Crippen LogP contribution >= 0.6 is 0 Å². The Labute approximate surface area is 263 Å². The average Bonchev–Trinajstić information content (AvgIpc) is 3.04. The van der Waals surface area contributed by atoms with Gasteiger partial charge in [0.05, 0.1) is 0 Å². The Morgan fingerprint density at radius 2 is 0.600 bits per heavy atom. The maximum atomic E-state index is 5.75. The molecule has 0 bridgehead atoms. The van der Waals surface area contributed by atoms with Crippen LogP contribution in [0.25, 0.3) is 0 Å². The normalized spacial score (nSPS) is 11.0. The number of rotatable bonds is 26. The van der Waals surface area contributed by atoms with Crippen LogP contribution in [-0.4, -0.2) is 154 Å². The van der Waals surface area contributed by atoms with E-state index in [-0.39, 0.29) is 79.2 Å². The molecule has 0 aliphatic rings. The summed E-state index contributed by atoms with van der Waals surface area (Å²) in [4.78, 5) is 33.8. The fourth-order valence-corrected chi connectivity index (χ4v) is 3.57. The fourth-order valence-electron chi connectivity index (χ4n) is 3.57. The summed E-state index contributed by atoms with van der Waals surface area (Å²) in [6.45, 7) is 1.48. The highest BCUT2D eigenvalue weighted by Crippen LogP contribution is 2.19. The van der Waals surface area contributed by atoms with E-state index in [2.05, 4.69) is 40.5 Å². The minimum atomic E-state index is 0.0166. The molecule has 2 aromatic heterocycles. The van der Waals surface area contributed by atoms with Gasteiger partial charge >= 0.3 is 0 Å². The maximum Gasteiger partial charge on any atom is 0.235 e. The van der Waals surface area contributed by atoms with Gasteiger partial charge in [-0.1, -0.05) is 0 Å². The summed E-state index contributed by atoms with van der Waals surface area (Å²) in [6.07, 6.45) is 0. The van der Waals surface area contributed by atoms with Crippen molar-refractivity contribution in [2.45, 2.75) is 0 Å². The van der Waals surface area contributed by atoms with E-state index in [0.29, 0.717) is 23.8 Å². The standard InChI is InChI=1S/C24H46N12O9/c1-37-11-33(12-38-2)21-27-19(28-22(31-21)34(13-39-3)14-40-4)25-9-45-10-26-20-29-23(35(15-41-5)16-42-6)32-24(30-20)36(17-43-7)18-44-8/h9-18H2,1-8H3,(H,25,27,28,31)(H,26,29,30,32). The number of nitrogens with one attached hydrogen (secondary N) is 2. The molecule has 0 aliphatic carbocycles. The second-order valence-corrected chi connectivity index (χ2v) is 8.87. The number of nitrogens with zero attached hydrogens (tertiary/aromatic N) is 10. The van der Waals surface area contributed by atoms with Gasteiger partial charge in [0, 0.05) is 56.9 Å². The zero-order valence-electron chi connectivity index (χ0n) is 27.2. The minimum absolute atomic E-state index is 0.0166. The van der Waals surface area contributed by atoms with Gasteiger partial charge in [0.2, 0.25) is 35.7 Å². The molecule has 21 heteroatoms. The van der Waals surface area contributed by atoms with E-state index in [1.165, 1.54) is 0 Å². The number of hydrogen-bond donors (Lipinski definition) is 2. The third-order valence-electron chi connectivity index (χ3n) is 5.30. The van der Waals surface area contributed by atoms with E-state index in [0.717, 1.165) is 0 Å². The number of hydrogen-bond acceptors (Lipinski definition) is 21. The highest BCUT2D eigenvalue weighted by molar-refractivity contribution is 5.45. The van der Waals surface area contributed by atoms with Crippen LogP contribution in [0, 0.1) is 0 Å². The summed E-state index contributed by atoms with van der Waals surface area (Å²) in [5.74, 6) is 1.69. The highest BCUT2D eigenvalue weighted by atomic mass is 16.5. The van der Waals surface area contributed by atoms with Gasteiger partial charge in [-0.25, -0.2) is 0 Å². The Hall–Kier alpha value is -3.54. The lowest BCUT2D eigenvalue weighted by Gasteiger charge is -2.25. The van der Waals surface area contributed by atoms with Crippen LogP contribution in [0.4, 0.5) is 35.7 Å². The predicted octanol–water partition coefficient (Wildman–Crippen LogP) is -0.431. The Bertz CT molecular complexity index is 906. The molecule has 0 spiro atoms. The van der Waals surface area contributed by atoms with Crippen LogP contribution in [0.2, 0.25) is 0 Å². The Morgan fingerprint density at radius 3 is 0.800 bits per heavy atom. The maximum absolute atomic E-state index is 5.75. The molecular weight excluding hydrogens is 600 g/mol. The van der Waals surface area contributed by atoms with E-state index in [1.54, 1.807) is 76.5 Å². The Morgan fingerprint density at radius 1 is 0.378 bits per heavy atom. The van der Waals surface area contributed by atoms with Crippen LogP contribution in [0.3, 0.4) is 0 Å². The van der Waals surface area contributed by atoms with E-state index in [9.17, 15) is 0 Å². The summed E-state index contributed by atoms with van der Waals surface area (Å²) in [7, 11) is 12.5. The van der Waals surface area contributed by atoms with Crippen LogP contribution in [-0.2, 0) is 42.6 Å². The molecule has 256 valence electrons. The largest absolute Gasteiger partial charge is 0.364 e. The molecule has 0 atom stereocenters. The van der Waals surface area contributed by atoms with Gasteiger partial charge in [-0.05, 0) is 0 Å². The molecule has 2 rings (SSSR count). The van der Waals surface area contributed by atoms with Crippen molar-refractivity contribution < 1.29 is 42.6 Å². The average molecular weight is 647 g/mol. The summed E-state index contributed by atoms with van der Waals surface area (Å²) in [6, 6.07) is 0. The first-order valence-electron chi connectivity index (χ1n) is 13.5. The smallest absolute Gasteiger partial charge is 0.235 e. The molecule has 45 heavy (non-hydrogen) atoms. The third kappa shape index (κ3) is 12.8. The summed E-state index contributed by atoms with van der Waals surface area (Å²) < 4.78 is 48.0. The molecule has 0 unspecified atom stereocenters. The number of methoxy groups -OCH3 is 8. The topological polar surface area (TPSA) is 197 Å². The van der Waals surface area contributed by atoms with Gasteiger partial charge < -0.3 is 53.3 Å². The van der Waals surface area contributed by atoms with E-state index < -0.39 is 0 Å². The molecule has 0 radical (unpaired) electrons. The van der Waals surface area contributed by atoms with Gasteiger partial charge in [-0.15, -0.1) is 0 Å². The summed E-state index contributed by atoms with van der Waals surface area (Å²) >= 11 is 0. The number of anilines is 6. The lowest BCUT2D eigenvalue weighted by molar-refractivity contribution is 0.136. The lowest BCUT2D eigenvalue weighted by Crippen LogP contribution is -2.33. The monoisotopic (exact) mass is 646 g/mol. The quantitative estimate of drug-likeness (QED) is 0.0985. The van der Waals surface area contributed by atoms with E-state index in [1.807, 2.05) is 0 Å².